The predicted octanol–water partition coefficient (Wildman–Crippen LogP) is 2.69. The van der Waals surface area contributed by atoms with Gasteiger partial charge in [-0.15, -0.1) is 0 Å². The van der Waals surface area contributed by atoms with Crippen molar-refractivity contribution in [3.05, 3.63) is 40.7 Å². The van der Waals surface area contributed by atoms with E-state index in [1.54, 1.807) is 4.68 Å². The molecule has 0 fully saturated rings. The molecular formula is C12H15ClN4. The van der Waals surface area contributed by atoms with E-state index in [-0.39, 0.29) is 5.92 Å². The number of benzene rings is 1. The summed E-state index contributed by atoms with van der Waals surface area (Å²) in [5.41, 5.74) is 6.92. The van der Waals surface area contributed by atoms with Crippen molar-refractivity contribution in [1.82, 2.24) is 14.8 Å². The van der Waals surface area contributed by atoms with Crippen LogP contribution in [0.5, 0.6) is 0 Å². The lowest BCUT2D eigenvalue weighted by atomic mass is 10.2. The maximum atomic E-state index is 5.83. The van der Waals surface area contributed by atoms with E-state index >= 15 is 0 Å². The molecule has 2 rings (SSSR count). The lowest BCUT2D eigenvalue weighted by Gasteiger charge is -2.03. The van der Waals surface area contributed by atoms with Crippen LogP contribution in [0.15, 0.2) is 24.3 Å². The highest BCUT2D eigenvalue weighted by Crippen LogP contribution is 2.14. The fraction of sp³-hybridized carbons (Fsp3) is 0.333. The molecule has 0 atom stereocenters. The lowest BCUT2D eigenvalue weighted by Crippen LogP contribution is -2.06. The van der Waals surface area contributed by atoms with E-state index in [4.69, 9.17) is 17.3 Å². The summed E-state index contributed by atoms with van der Waals surface area (Å²) in [5, 5.41) is 5.10. The Bertz CT molecular complexity index is 502. The highest BCUT2D eigenvalue weighted by atomic mass is 35.5. The number of nitrogens with two attached hydrogens (primary N) is 1. The number of nitrogens with zero attached hydrogens (tertiary/aromatic N) is 3. The molecule has 0 saturated carbocycles. The number of aromatic nitrogens is 3. The topological polar surface area (TPSA) is 56.7 Å². The normalized spacial score (nSPS) is 11.1. The summed E-state index contributed by atoms with van der Waals surface area (Å²) in [6.45, 7) is 4.70. The summed E-state index contributed by atoms with van der Waals surface area (Å²) in [5.74, 6) is 1.50. The van der Waals surface area contributed by atoms with Gasteiger partial charge < -0.3 is 5.73 Å². The Morgan fingerprint density at radius 3 is 2.47 bits per heavy atom. The number of hydrogen-bond donors (Lipinski definition) is 1. The van der Waals surface area contributed by atoms with Crippen molar-refractivity contribution in [1.29, 1.82) is 0 Å². The van der Waals surface area contributed by atoms with Gasteiger partial charge in [-0.3, -0.25) is 0 Å². The molecule has 2 aromatic rings. The van der Waals surface area contributed by atoms with Crippen LogP contribution < -0.4 is 5.73 Å². The Balaban J connectivity index is 2.21. The van der Waals surface area contributed by atoms with Crippen molar-refractivity contribution in [3.63, 3.8) is 0 Å². The van der Waals surface area contributed by atoms with E-state index in [1.165, 1.54) is 0 Å². The summed E-state index contributed by atoms with van der Waals surface area (Å²) in [4.78, 5) is 4.23. The second kappa shape index (κ2) is 4.75. The molecule has 1 aromatic heterocycles. The third kappa shape index (κ3) is 2.77. The van der Waals surface area contributed by atoms with Crippen molar-refractivity contribution in [3.8, 4) is 0 Å². The monoisotopic (exact) mass is 250 g/mol. The standard InChI is InChI=1S/C12H15ClN4/c1-8(2)11-15-12(14)17(16-11)7-9-3-5-10(13)6-4-9/h3-6,8H,7H2,1-2H3,(H2,14,15,16). The highest BCUT2D eigenvalue weighted by molar-refractivity contribution is 6.30. The highest BCUT2D eigenvalue weighted by Gasteiger charge is 2.10. The Kier molecular flexibility index (Phi) is 3.33. The molecule has 0 bridgehead atoms. The minimum absolute atomic E-state index is 0.281. The third-order valence-electron chi connectivity index (χ3n) is 2.48. The van der Waals surface area contributed by atoms with Crippen molar-refractivity contribution in [2.45, 2.75) is 26.3 Å². The molecule has 0 spiro atoms. The lowest BCUT2D eigenvalue weighted by molar-refractivity contribution is 0.663. The molecule has 1 heterocycles. The quantitative estimate of drug-likeness (QED) is 0.911. The molecule has 0 unspecified atom stereocenters. The van der Waals surface area contributed by atoms with Gasteiger partial charge in [-0.1, -0.05) is 37.6 Å². The van der Waals surface area contributed by atoms with E-state index in [1.807, 2.05) is 38.1 Å². The SMILES string of the molecule is CC(C)c1nc(N)n(Cc2ccc(Cl)cc2)n1. The molecule has 0 amide bonds. The first kappa shape index (κ1) is 11.9. The Morgan fingerprint density at radius 1 is 1.29 bits per heavy atom. The van der Waals surface area contributed by atoms with Crippen molar-refractivity contribution in [2.75, 3.05) is 5.73 Å². The predicted molar refractivity (Wildman–Crippen MR) is 69.1 cm³/mol. The van der Waals surface area contributed by atoms with Gasteiger partial charge in [0.05, 0.1) is 6.54 Å². The van der Waals surface area contributed by atoms with Gasteiger partial charge >= 0.3 is 0 Å². The average molecular weight is 251 g/mol. The first-order valence-corrected chi connectivity index (χ1v) is 5.88. The van der Waals surface area contributed by atoms with Crippen molar-refractivity contribution >= 4 is 17.5 Å². The Morgan fingerprint density at radius 2 is 1.94 bits per heavy atom. The molecule has 0 aliphatic carbocycles. The third-order valence-corrected chi connectivity index (χ3v) is 2.73. The zero-order valence-electron chi connectivity index (χ0n) is 9.89. The van der Waals surface area contributed by atoms with Gasteiger partial charge in [-0.2, -0.15) is 10.1 Å². The second-order valence-corrected chi connectivity index (χ2v) is 4.70. The van der Waals surface area contributed by atoms with E-state index < -0.39 is 0 Å². The van der Waals surface area contributed by atoms with Gasteiger partial charge in [0.1, 0.15) is 0 Å². The van der Waals surface area contributed by atoms with Crippen LogP contribution in [0.2, 0.25) is 5.02 Å². The number of rotatable bonds is 3. The van der Waals surface area contributed by atoms with Crippen LogP contribution in [0.1, 0.15) is 31.2 Å². The smallest absolute Gasteiger partial charge is 0.219 e. The maximum Gasteiger partial charge on any atom is 0.219 e. The molecule has 0 aliphatic heterocycles. The largest absolute Gasteiger partial charge is 0.368 e. The number of hydrogen-bond acceptors (Lipinski definition) is 3. The zero-order chi connectivity index (χ0) is 12.4. The Labute approximate surface area is 105 Å². The summed E-state index contributed by atoms with van der Waals surface area (Å²) >= 11 is 5.83. The van der Waals surface area contributed by atoms with Gasteiger partial charge in [0, 0.05) is 10.9 Å². The van der Waals surface area contributed by atoms with Gasteiger partial charge in [0.25, 0.3) is 0 Å². The van der Waals surface area contributed by atoms with E-state index in [9.17, 15) is 0 Å². The molecular weight excluding hydrogens is 236 g/mol. The van der Waals surface area contributed by atoms with E-state index in [2.05, 4.69) is 10.1 Å². The second-order valence-electron chi connectivity index (χ2n) is 4.27. The van der Waals surface area contributed by atoms with Crippen molar-refractivity contribution < 1.29 is 0 Å². The zero-order valence-corrected chi connectivity index (χ0v) is 10.6. The van der Waals surface area contributed by atoms with Crippen LogP contribution in [0.4, 0.5) is 5.95 Å². The van der Waals surface area contributed by atoms with Crippen LogP contribution in [0, 0.1) is 0 Å². The molecule has 0 radical (unpaired) electrons. The van der Waals surface area contributed by atoms with Crippen LogP contribution in [0.25, 0.3) is 0 Å². The molecule has 1 aromatic carbocycles. The minimum atomic E-state index is 0.281. The first-order chi connectivity index (χ1) is 8.06. The summed E-state index contributed by atoms with van der Waals surface area (Å²) < 4.78 is 1.71. The fourth-order valence-corrected chi connectivity index (χ4v) is 1.62. The first-order valence-electron chi connectivity index (χ1n) is 5.51. The number of anilines is 1. The molecule has 4 nitrogen and oxygen atoms in total. The minimum Gasteiger partial charge on any atom is -0.368 e. The van der Waals surface area contributed by atoms with Crippen LogP contribution in [0.3, 0.4) is 0 Å². The van der Waals surface area contributed by atoms with E-state index in [0.29, 0.717) is 12.5 Å². The van der Waals surface area contributed by atoms with Gasteiger partial charge in [-0.05, 0) is 17.7 Å². The molecule has 0 saturated heterocycles. The molecule has 2 N–H and O–H groups in total. The van der Waals surface area contributed by atoms with Gasteiger partial charge in [0.2, 0.25) is 5.95 Å². The van der Waals surface area contributed by atoms with Crippen molar-refractivity contribution in [2.24, 2.45) is 0 Å². The maximum absolute atomic E-state index is 5.83. The fourth-order valence-electron chi connectivity index (χ4n) is 1.50. The summed E-state index contributed by atoms with van der Waals surface area (Å²) in [6.07, 6.45) is 0. The molecule has 5 heteroatoms. The molecule has 0 aliphatic rings. The van der Waals surface area contributed by atoms with Crippen LogP contribution in [-0.2, 0) is 6.54 Å². The van der Waals surface area contributed by atoms with Gasteiger partial charge in [0.15, 0.2) is 5.82 Å². The van der Waals surface area contributed by atoms with E-state index in [0.717, 1.165) is 16.4 Å². The summed E-state index contributed by atoms with van der Waals surface area (Å²) in [7, 11) is 0. The molecule has 17 heavy (non-hydrogen) atoms. The summed E-state index contributed by atoms with van der Waals surface area (Å²) in [6, 6.07) is 7.62. The Hall–Kier alpha value is -1.55. The van der Waals surface area contributed by atoms with Crippen LogP contribution >= 0.6 is 11.6 Å². The number of nitrogen functional groups attached to an aromatic ring is 1. The average Bonchev–Trinajstić information content (AvgIpc) is 2.64. The number of halogens is 1. The van der Waals surface area contributed by atoms with Crippen LogP contribution in [-0.4, -0.2) is 14.8 Å². The van der Waals surface area contributed by atoms with Gasteiger partial charge in [-0.25, -0.2) is 4.68 Å². The molecule has 90 valence electrons.